The predicted octanol–water partition coefficient (Wildman–Crippen LogP) is 1.44. The lowest BCUT2D eigenvalue weighted by molar-refractivity contribution is 0.476. The Labute approximate surface area is 116 Å². The highest BCUT2D eigenvalue weighted by atomic mass is 32.2. The third kappa shape index (κ3) is 7.61. The lowest BCUT2D eigenvalue weighted by Gasteiger charge is -2.21. The van der Waals surface area contributed by atoms with E-state index in [1.807, 2.05) is 11.8 Å². The molecule has 1 heterocycles. The highest BCUT2D eigenvalue weighted by Crippen LogP contribution is 2.21. The smallest absolute Gasteiger partial charge is 0.211 e. The number of hydrogen-bond acceptors (Lipinski definition) is 4. The SMILES string of the molecule is CCNCCCCS(=O)(=O)NCC1CCSCC1. The molecule has 108 valence electrons. The van der Waals surface area contributed by atoms with Crippen molar-refractivity contribution in [2.24, 2.45) is 5.92 Å². The summed E-state index contributed by atoms with van der Waals surface area (Å²) in [4.78, 5) is 0. The van der Waals surface area contributed by atoms with E-state index in [0.717, 1.165) is 38.8 Å². The Bertz CT molecular complexity index is 301. The van der Waals surface area contributed by atoms with Crippen LogP contribution in [0.1, 0.15) is 32.6 Å². The average molecular weight is 294 g/mol. The molecule has 0 aromatic heterocycles. The van der Waals surface area contributed by atoms with Crippen molar-refractivity contribution in [3.63, 3.8) is 0 Å². The van der Waals surface area contributed by atoms with Crippen LogP contribution in [0.15, 0.2) is 0 Å². The van der Waals surface area contributed by atoms with E-state index in [1.165, 1.54) is 11.5 Å². The fourth-order valence-electron chi connectivity index (χ4n) is 1.99. The van der Waals surface area contributed by atoms with Crippen LogP contribution < -0.4 is 10.0 Å². The van der Waals surface area contributed by atoms with Crippen LogP contribution in [0.2, 0.25) is 0 Å². The standard InChI is InChI=1S/C12H26N2O2S2/c1-2-13-7-3-4-10-18(15,16)14-11-12-5-8-17-9-6-12/h12-14H,2-11H2,1H3. The summed E-state index contributed by atoms with van der Waals surface area (Å²) in [7, 11) is -3.05. The molecule has 4 nitrogen and oxygen atoms in total. The van der Waals surface area contributed by atoms with Gasteiger partial charge in [0, 0.05) is 6.54 Å². The average Bonchev–Trinajstić information content (AvgIpc) is 2.38. The van der Waals surface area contributed by atoms with Gasteiger partial charge >= 0.3 is 0 Å². The fourth-order valence-corrected chi connectivity index (χ4v) is 4.41. The molecule has 0 saturated carbocycles. The van der Waals surface area contributed by atoms with E-state index < -0.39 is 10.0 Å². The fraction of sp³-hybridized carbons (Fsp3) is 1.00. The number of thioether (sulfide) groups is 1. The van der Waals surface area contributed by atoms with Gasteiger partial charge in [-0.25, -0.2) is 13.1 Å². The van der Waals surface area contributed by atoms with Gasteiger partial charge < -0.3 is 5.32 Å². The van der Waals surface area contributed by atoms with Gasteiger partial charge in [-0.3, -0.25) is 0 Å². The zero-order valence-electron chi connectivity index (χ0n) is 11.3. The first kappa shape index (κ1) is 16.3. The van der Waals surface area contributed by atoms with Crippen LogP contribution in [-0.4, -0.2) is 45.3 Å². The predicted molar refractivity (Wildman–Crippen MR) is 79.6 cm³/mol. The number of sulfonamides is 1. The largest absolute Gasteiger partial charge is 0.317 e. The maximum absolute atomic E-state index is 11.8. The second-order valence-corrected chi connectivity index (χ2v) is 7.93. The summed E-state index contributed by atoms with van der Waals surface area (Å²) in [6.07, 6.45) is 3.96. The van der Waals surface area contributed by atoms with Crippen molar-refractivity contribution in [3.8, 4) is 0 Å². The molecule has 1 saturated heterocycles. The summed E-state index contributed by atoms with van der Waals surface area (Å²) in [5.41, 5.74) is 0. The van der Waals surface area contributed by atoms with Gasteiger partial charge in [0.25, 0.3) is 0 Å². The maximum atomic E-state index is 11.8. The van der Waals surface area contributed by atoms with Crippen molar-refractivity contribution in [2.75, 3.05) is 36.9 Å². The van der Waals surface area contributed by atoms with Gasteiger partial charge in [-0.15, -0.1) is 0 Å². The molecule has 1 rings (SSSR count). The van der Waals surface area contributed by atoms with E-state index in [0.29, 0.717) is 12.5 Å². The van der Waals surface area contributed by atoms with Crippen molar-refractivity contribution in [2.45, 2.75) is 32.6 Å². The molecule has 2 N–H and O–H groups in total. The van der Waals surface area contributed by atoms with Gasteiger partial charge in [0.1, 0.15) is 0 Å². The van der Waals surface area contributed by atoms with Gasteiger partial charge in [0.15, 0.2) is 0 Å². The first-order valence-corrected chi connectivity index (χ1v) is 9.70. The van der Waals surface area contributed by atoms with Crippen LogP contribution in [0, 0.1) is 5.92 Å². The molecule has 1 aliphatic rings. The highest BCUT2D eigenvalue weighted by molar-refractivity contribution is 7.99. The first-order chi connectivity index (χ1) is 8.64. The van der Waals surface area contributed by atoms with Crippen LogP contribution in [0.4, 0.5) is 0 Å². The van der Waals surface area contributed by atoms with Gasteiger partial charge in [-0.05, 0) is 56.2 Å². The summed E-state index contributed by atoms with van der Waals surface area (Å²) >= 11 is 1.97. The van der Waals surface area contributed by atoms with E-state index in [1.54, 1.807) is 0 Å². The van der Waals surface area contributed by atoms with Gasteiger partial charge in [0.2, 0.25) is 10.0 Å². The molecular weight excluding hydrogens is 268 g/mol. The van der Waals surface area contributed by atoms with Crippen molar-refractivity contribution in [3.05, 3.63) is 0 Å². The molecule has 0 unspecified atom stereocenters. The molecule has 18 heavy (non-hydrogen) atoms. The number of nitrogens with one attached hydrogen (secondary N) is 2. The molecule has 0 amide bonds. The molecular formula is C12H26N2O2S2. The van der Waals surface area contributed by atoms with E-state index >= 15 is 0 Å². The molecule has 0 aliphatic carbocycles. The number of hydrogen-bond donors (Lipinski definition) is 2. The van der Waals surface area contributed by atoms with Crippen molar-refractivity contribution in [1.29, 1.82) is 0 Å². The van der Waals surface area contributed by atoms with E-state index in [2.05, 4.69) is 17.0 Å². The normalized spacial score (nSPS) is 18.1. The molecule has 0 bridgehead atoms. The zero-order chi connectivity index (χ0) is 13.3. The van der Waals surface area contributed by atoms with Crippen LogP contribution in [-0.2, 0) is 10.0 Å². The molecule has 0 aromatic rings. The van der Waals surface area contributed by atoms with Crippen molar-refractivity contribution >= 4 is 21.8 Å². The molecule has 0 aromatic carbocycles. The van der Waals surface area contributed by atoms with Crippen LogP contribution >= 0.6 is 11.8 Å². The minimum absolute atomic E-state index is 0.264. The summed E-state index contributed by atoms with van der Waals surface area (Å²) < 4.78 is 26.3. The molecule has 1 fully saturated rings. The van der Waals surface area contributed by atoms with E-state index in [9.17, 15) is 8.42 Å². The topological polar surface area (TPSA) is 58.2 Å². The Morgan fingerprint density at radius 1 is 1.22 bits per heavy atom. The second kappa shape index (κ2) is 9.18. The minimum atomic E-state index is -3.05. The third-order valence-corrected chi connectivity index (χ3v) is 5.68. The quantitative estimate of drug-likeness (QED) is 0.632. The Morgan fingerprint density at radius 2 is 1.94 bits per heavy atom. The first-order valence-electron chi connectivity index (χ1n) is 6.90. The Balaban J connectivity index is 2.10. The Hall–Kier alpha value is 0.220. The molecule has 0 radical (unpaired) electrons. The van der Waals surface area contributed by atoms with Gasteiger partial charge in [-0.2, -0.15) is 11.8 Å². The van der Waals surface area contributed by atoms with E-state index in [4.69, 9.17) is 0 Å². The zero-order valence-corrected chi connectivity index (χ0v) is 12.9. The summed E-state index contributed by atoms with van der Waals surface area (Å²) in [5, 5.41) is 3.20. The molecule has 0 spiro atoms. The number of rotatable bonds is 9. The monoisotopic (exact) mass is 294 g/mol. The summed E-state index contributed by atoms with van der Waals surface area (Å²) in [6.45, 7) is 4.55. The van der Waals surface area contributed by atoms with Crippen molar-refractivity contribution < 1.29 is 8.42 Å². The van der Waals surface area contributed by atoms with Crippen LogP contribution in [0.3, 0.4) is 0 Å². The van der Waals surface area contributed by atoms with Crippen LogP contribution in [0.5, 0.6) is 0 Å². The molecule has 6 heteroatoms. The summed E-state index contributed by atoms with van der Waals surface area (Å²) in [6, 6.07) is 0. The lowest BCUT2D eigenvalue weighted by atomic mass is 10.0. The lowest BCUT2D eigenvalue weighted by Crippen LogP contribution is -2.32. The molecule has 1 aliphatic heterocycles. The van der Waals surface area contributed by atoms with Gasteiger partial charge in [0.05, 0.1) is 5.75 Å². The highest BCUT2D eigenvalue weighted by Gasteiger charge is 2.16. The van der Waals surface area contributed by atoms with Crippen LogP contribution in [0.25, 0.3) is 0 Å². The third-order valence-electron chi connectivity index (χ3n) is 3.20. The molecule has 0 atom stereocenters. The Kier molecular flexibility index (Phi) is 8.30. The van der Waals surface area contributed by atoms with E-state index in [-0.39, 0.29) is 5.75 Å². The second-order valence-electron chi connectivity index (χ2n) is 4.78. The minimum Gasteiger partial charge on any atom is -0.317 e. The maximum Gasteiger partial charge on any atom is 0.211 e. The number of unbranched alkanes of at least 4 members (excludes halogenated alkanes) is 1. The van der Waals surface area contributed by atoms with Crippen molar-refractivity contribution in [1.82, 2.24) is 10.0 Å². The van der Waals surface area contributed by atoms with Gasteiger partial charge in [-0.1, -0.05) is 6.92 Å². The Morgan fingerprint density at radius 3 is 2.61 bits per heavy atom. The summed E-state index contributed by atoms with van der Waals surface area (Å²) in [5.74, 6) is 3.16.